The van der Waals surface area contributed by atoms with Gasteiger partial charge in [-0.2, -0.15) is 0 Å². The summed E-state index contributed by atoms with van der Waals surface area (Å²) < 4.78 is 6.97. The third-order valence-corrected chi connectivity index (χ3v) is 6.31. The molecular formula is C23H25N7O6. The number of aliphatic hydroxyl groups excluding tert-OH is 3. The van der Waals surface area contributed by atoms with E-state index in [1.807, 2.05) is 24.4 Å². The zero-order chi connectivity index (χ0) is 25.4. The number of carbonyl (C=O) groups excluding carboxylic acids is 2. The number of nitrogens with zero attached hydrogens (tertiary/aromatic N) is 4. The maximum Gasteiger partial charge on any atom is 0.230 e. The molecule has 0 bridgehead atoms. The zero-order valence-corrected chi connectivity index (χ0v) is 19.0. The number of rotatable bonds is 9. The molecule has 1 unspecified atom stereocenters. The molecular weight excluding hydrogens is 470 g/mol. The van der Waals surface area contributed by atoms with E-state index in [9.17, 15) is 24.9 Å². The van der Waals surface area contributed by atoms with Crippen LogP contribution in [0.25, 0.3) is 22.1 Å². The number of hydrogen-bond donors (Lipinski definition) is 6. The molecule has 0 saturated carbocycles. The van der Waals surface area contributed by atoms with Gasteiger partial charge >= 0.3 is 0 Å². The van der Waals surface area contributed by atoms with E-state index in [2.05, 4.69) is 31.3 Å². The summed E-state index contributed by atoms with van der Waals surface area (Å²) in [4.78, 5) is 39.7. The van der Waals surface area contributed by atoms with E-state index in [0.717, 1.165) is 22.9 Å². The Hall–Kier alpha value is -3.75. The summed E-state index contributed by atoms with van der Waals surface area (Å²) >= 11 is 0. The molecule has 1 aliphatic heterocycles. The van der Waals surface area contributed by atoms with Crippen LogP contribution in [0.15, 0.2) is 43.1 Å². The fourth-order valence-electron chi connectivity index (χ4n) is 4.41. The predicted molar refractivity (Wildman–Crippen MR) is 127 cm³/mol. The molecule has 4 aromatic rings. The number of aromatic nitrogens is 5. The van der Waals surface area contributed by atoms with Crippen LogP contribution >= 0.6 is 0 Å². The Morgan fingerprint density at radius 3 is 2.81 bits per heavy atom. The molecule has 13 nitrogen and oxygen atoms in total. The van der Waals surface area contributed by atoms with Crippen LogP contribution in [0, 0.1) is 0 Å². The molecule has 1 aromatic carbocycles. The fourth-order valence-corrected chi connectivity index (χ4v) is 4.41. The van der Waals surface area contributed by atoms with Crippen LogP contribution in [0.3, 0.4) is 0 Å². The first-order valence-electron chi connectivity index (χ1n) is 11.3. The van der Waals surface area contributed by atoms with Crippen LogP contribution in [0.5, 0.6) is 0 Å². The number of fused-ring (bicyclic) bond motifs is 2. The molecule has 0 spiro atoms. The van der Waals surface area contributed by atoms with Gasteiger partial charge < -0.3 is 36.1 Å². The van der Waals surface area contributed by atoms with E-state index < -0.39 is 48.8 Å². The molecule has 1 saturated heterocycles. The van der Waals surface area contributed by atoms with Crippen molar-refractivity contribution in [1.29, 1.82) is 0 Å². The monoisotopic (exact) mass is 495 g/mol. The number of ether oxygens (including phenoxy) is 1. The van der Waals surface area contributed by atoms with Crippen molar-refractivity contribution in [1.82, 2.24) is 24.5 Å². The number of ketones is 2. The number of benzene rings is 1. The van der Waals surface area contributed by atoms with Crippen LogP contribution in [0.2, 0.25) is 0 Å². The van der Waals surface area contributed by atoms with Gasteiger partial charge in [-0.25, -0.2) is 15.0 Å². The average molecular weight is 495 g/mol. The lowest BCUT2D eigenvalue weighted by atomic mass is 10.0. The molecule has 4 heterocycles. The SMILES string of the molecule is NCC(=O)C(=O)C(O)[C@H]1O[C@@H](n2cnc3c(NCCc4c[nH]c5ccccc45)ncnc32)[C@H](O)[C@@H]1O. The zero-order valence-electron chi connectivity index (χ0n) is 19.0. The lowest BCUT2D eigenvalue weighted by Gasteiger charge is -2.19. The van der Waals surface area contributed by atoms with Gasteiger partial charge in [0.1, 0.15) is 30.7 Å². The Kier molecular flexibility index (Phi) is 6.47. The molecule has 188 valence electrons. The third kappa shape index (κ3) is 4.12. The van der Waals surface area contributed by atoms with E-state index in [1.165, 1.54) is 17.2 Å². The summed E-state index contributed by atoms with van der Waals surface area (Å²) in [5, 5.41) is 35.6. The fraction of sp³-hybridized carbons (Fsp3) is 0.348. The highest BCUT2D eigenvalue weighted by atomic mass is 16.6. The molecule has 3 aromatic heterocycles. The molecule has 5 atom stereocenters. The highest BCUT2D eigenvalue weighted by Crippen LogP contribution is 2.33. The second-order valence-electron chi connectivity index (χ2n) is 8.49. The van der Waals surface area contributed by atoms with Gasteiger partial charge in [0.05, 0.1) is 12.9 Å². The minimum atomic E-state index is -1.98. The first kappa shape index (κ1) is 24.0. The van der Waals surface area contributed by atoms with Crippen molar-refractivity contribution in [2.45, 2.75) is 37.1 Å². The molecule has 5 rings (SSSR count). The Labute approximate surface area is 203 Å². The second-order valence-corrected chi connectivity index (χ2v) is 8.49. The molecule has 1 fully saturated rings. The summed E-state index contributed by atoms with van der Waals surface area (Å²) in [6.07, 6.45) is -2.56. The summed E-state index contributed by atoms with van der Waals surface area (Å²) in [6, 6.07) is 8.02. The van der Waals surface area contributed by atoms with Gasteiger partial charge in [0.15, 0.2) is 23.2 Å². The standard InChI is InChI=1S/C23H25N7O6/c24-7-14(31)16(32)17(33)20-18(34)19(35)23(36-20)30-10-29-15-21(27-9-28-22(15)30)25-6-5-11-8-26-13-4-2-1-3-12(11)13/h1-4,8-10,17-20,23,26,33-35H,5-7,24H2,(H,25,27,28)/t17?,18-,19+,20+,23+/m0/s1. The number of nitrogens with two attached hydrogens (primary N) is 1. The number of Topliss-reactive ketones (excluding diaryl/α,β-unsaturated/α-hetero) is 2. The number of para-hydroxylation sites is 1. The van der Waals surface area contributed by atoms with Gasteiger partial charge in [0.25, 0.3) is 0 Å². The normalized spacial score (nSPS) is 22.8. The van der Waals surface area contributed by atoms with E-state index >= 15 is 0 Å². The number of aliphatic hydroxyl groups is 3. The summed E-state index contributed by atoms with van der Waals surface area (Å²) in [5.41, 5.74) is 8.09. The van der Waals surface area contributed by atoms with Crippen molar-refractivity contribution in [3.63, 3.8) is 0 Å². The van der Waals surface area contributed by atoms with Crippen LogP contribution in [0.1, 0.15) is 11.8 Å². The Bertz CT molecular complexity index is 1420. The van der Waals surface area contributed by atoms with Gasteiger partial charge in [0.2, 0.25) is 11.6 Å². The van der Waals surface area contributed by atoms with Crippen molar-refractivity contribution in [2.75, 3.05) is 18.4 Å². The van der Waals surface area contributed by atoms with Crippen LogP contribution in [0.4, 0.5) is 5.82 Å². The lowest BCUT2D eigenvalue weighted by Crippen LogP contribution is -2.46. The van der Waals surface area contributed by atoms with E-state index in [0.29, 0.717) is 23.5 Å². The number of anilines is 1. The number of H-pyrrole nitrogens is 1. The number of nitrogens with one attached hydrogen (secondary N) is 2. The molecule has 0 amide bonds. The van der Waals surface area contributed by atoms with Crippen molar-refractivity contribution in [3.05, 3.63) is 48.7 Å². The summed E-state index contributed by atoms with van der Waals surface area (Å²) in [6.45, 7) is -0.0303. The maximum absolute atomic E-state index is 12.0. The minimum absolute atomic E-state index is 0.301. The lowest BCUT2D eigenvalue weighted by molar-refractivity contribution is -0.150. The molecule has 36 heavy (non-hydrogen) atoms. The van der Waals surface area contributed by atoms with E-state index in [-0.39, 0.29) is 0 Å². The van der Waals surface area contributed by atoms with Gasteiger partial charge in [-0.1, -0.05) is 18.2 Å². The topological polar surface area (TPSA) is 202 Å². The Balaban J connectivity index is 1.33. The molecule has 7 N–H and O–H groups in total. The maximum atomic E-state index is 12.0. The molecule has 0 radical (unpaired) electrons. The van der Waals surface area contributed by atoms with Crippen molar-refractivity contribution >= 4 is 39.5 Å². The average Bonchev–Trinajstić information content (AvgIpc) is 3.59. The molecule has 0 aliphatic carbocycles. The Morgan fingerprint density at radius 1 is 1.19 bits per heavy atom. The van der Waals surface area contributed by atoms with Crippen molar-refractivity contribution in [2.24, 2.45) is 5.73 Å². The quantitative estimate of drug-likeness (QED) is 0.156. The smallest absolute Gasteiger partial charge is 0.230 e. The third-order valence-electron chi connectivity index (χ3n) is 6.31. The van der Waals surface area contributed by atoms with Gasteiger partial charge in [-0.15, -0.1) is 0 Å². The minimum Gasteiger partial charge on any atom is -0.387 e. The van der Waals surface area contributed by atoms with Crippen LogP contribution in [-0.4, -0.2) is 88.9 Å². The van der Waals surface area contributed by atoms with E-state index in [4.69, 9.17) is 10.5 Å². The van der Waals surface area contributed by atoms with Crippen molar-refractivity contribution < 1.29 is 29.6 Å². The van der Waals surface area contributed by atoms with Crippen LogP contribution < -0.4 is 11.1 Å². The molecule has 13 heteroatoms. The highest BCUT2D eigenvalue weighted by Gasteiger charge is 2.49. The second kappa shape index (κ2) is 9.72. The highest BCUT2D eigenvalue weighted by molar-refractivity contribution is 6.39. The number of imidazole rings is 1. The predicted octanol–water partition coefficient (Wildman–Crippen LogP) is -0.961. The van der Waals surface area contributed by atoms with E-state index in [1.54, 1.807) is 0 Å². The Morgan fingerprint density at radius 2 is 2.00 bits per heavy atom. The largest absolute Gasteiger partial charge is 0.387 e. The first-order valence-corrected chi connectivity index (χ1v) is 11.3. The van der Waals surface area contributed by atoms with Gasteiger partial charge in [-0.3, -0.25) is 14.2 Å². The number of aromatic amines is 1. The van der Waals surface area contributed by atoms with Crippen LogP contribution in [-0.2, 0) is 20.7 Å². The molecule has 1 aliphatic rings. The number of hydrogen-bond acceptors (Lipinski definition) is 11. The number of carbonyl (C=O) groups is 2. The van der Waals surface area contributed by atoms with Crippen molar-refractivity contribution in [3.8, 4) is 0 Å². The van der Waals surface area contributed by atoms with Gasteiger partial charge in [-0.05, 0) is 18.1 Å². The van der Waals surface area contributed by atoms with Gasteiger partial charge in [0, 0.05) is 23.6 Å². The first-order chi connectivity index (χ1) is 17.4. The summed E-state index contributed by atoms with van der Waals surface area (Å²) in [7, 11) is 0. The summed E-state index contributed by atoms with van der Waals surface area (Å²) in [5.74, 6) is -1.75.